The second-order valence-electron chi connectivity index (χ2n) is 7.19. The monoisotopic (exact) mass is 566 g/mol. The van der Waals surface area contributed by atoms with E-state index in [1.165, 1.54) is 22.7 Å². The minimum Gasteiger partial charge on any atom is -0.293 e. The largest absolute Gasteiger partial charge is 0.389 e. The standard InChI is InChI=1S/C19H17F6IOS2/c1-10-13(26)12-15(29-10)14-11(4-9-28-14)16(27)17(12,5-2-7-18(20,21)22)6-3-8-19(23,24)25/h4,9H,2-3,5-8H2,1H3. The molecule has 1 nitrogen and oxygen atoms in total. The molecule has 0 atom stereocenters. The molecule has 0 aromatic carbocycles. The Morgan fingerprint density at radius 2 is 1.55 bits per heavy atom. The molecule has 0 saturated heterocycles. The van der Waals surface area contributed by atoms with Crippen molar-refractivity contribution in [1.29, 1.82) is 0 Å². The number of aryl methyl sites for hydroxylation is 1. The number of alkyl halides is 6. The summed E-state index contributed by atoms with van der Waals surface area (Å²) in [6.07, 6.45) is -11.7. The van der Waals surface area contributed by atoms with Gasteiger partial charge in [0.1, 0.15) is 0 Å². The van der Waals surface area contributed by atoms with E-state index in [4.69, 9.17) is 0 Å². The number of ketones is 1. The lowest BCUT2D eigenvalue weighted by molar-refractivity contribution is -0.136. The Balaban J connectivity index is 2.07. The Labute approximate surface area is 185 Å². The van der Waals surface area contributed by atoms with Gasteiger partial charge in [0.2, 0.25) is 0 Å². The summed E-state index contributed by atoms with van der Waals surface area (Å²) in [5, 5.41) is 1.75. The Kier molecular flexibility index (Phi) is 6.47. The minimum absolute atomic E-state index is 0.113. The first kappa shape index (κ1) is 23.1. The summed E-state index contributed by atoms with van der Waals surface area (Å²) >= 11 is 4.90. The lowest BCUT2D eigenvalue weighted by Crippen LogP contribution is -2.39. The van der Waals surface area contributed by atoms with E-state index in [9.17, 15) is 31.1 Å². The fraction of sp³-hybridized carbons (Fsp3) is 0.526. The Bertz CT molecular complexity index is 889. The number of carbonyl (C=O) groups is 1. The molecule has 2 heterocycles. The van der Waals surface area contributed by atoms with E-state index in [-0.39, 0.29) is 31.5 Å². The third-order valence-corrected chi connectivity index (χ3v) is 9.07. The highest BCUT2D eigenvalue weighted by Gasteiger charge is 2.49. The molecule has 0 aliphatic heterocycles. The normalized spacial score (nSPS) is 16.1. The Hall–Kier alpha value is -0.620. The molecule has 0 N–H and O–H groups in total. The van der Waals surface area contributed by atoms with E-state index in [0.29, 0.717) is 11.1 Å². The second kappa shape index (κ2) is 8.14. The Morgan fingerprint density at radius 1 is 1.00 bits per heavy atom. The maximum atomic E-state index is 13.5. The molecule has 2 aromatic heterocycles. The number of thiophene rings is 2. The van der Waals surface area contributed by atoms with E-state index in [1.807, 2.05) is 6.92 Å². The summed E-state index contributed by atoms with van der Waals surface area (Å²) in [7, 11) is 0. The molecule has 1 aliphatic rings. The van der Waals surface area contributed by atoms with Gasteiger partial charge in [0.25, 0.3) is 0 Å². The van der Waals surface area contributed by atoms with E-state index in [1.54, 1.807) is 11.4 Å². The summed E-state index contributed by atoms with van der Waals surface area (Å²) in [5.41, 5.74) is -0.301. The third-order valence-electron chi connectivity index (χ3n) is 5.17. The van der Waals surface area contributed by atoms with Crippen LogP contribution in [0.1, 0.15) is 59.3 Å². The summed E-state index contributed by atoms with van der Waals surface area (Å²) in [6, 6.07) is 1.63. The highest BCUT2D eigenvalue weighted by atomic mass is 127. The lowest BCUT2D eigenvalue weighted by Gasteiger charge is -2.37. The van der Waals surface area contributed by atoms with Crippen molar-refractivity contribution in [3.63, 3.8) is 0 Å². The van der Waals surface area contributed by atoms with Crippen molar-refractivity contribution in [3.8, 4) is 9.75 Å². The molecule has 0 unspecified atom stereocenters. The molecular formula is C19H17F6IOS2. The SMILES string of the molecule is Cc1sc2c(c1I)C(CCCC(F)(F)F)(CCCC(F)(F)F)C(=O)c1ccsc1-2. The number of hydrogen-bond acceptors (Lipinski definition) is 3. The molecule has 29 heavy (non-hydrogen) atoms. The molecule has 0 saturated carbocycles. The predicted octanol–water partition coefficient (Wildman–Crippen LogP) is 8.29. The van der Waals surface area contributed by atoms with Crippen LogP contribution in [0, 0.1) is 10.5 Å². The smallest absolute Gasteiger partial charge is 0.293 e. The van der Waals surface area contributed by atoms with Crippen molar-refractivity contribution in [2.45, 2.75) is 63.2 Å². The van der Waals surface area contributed by atoms with Crippen LogP contribution in [0.25, 0.3) is 9.75 Å². The zero-order valence-corrected chi connectivity index (χ0v) is 19.1. The predicted molar refractivity (Wildman–Crippen MR) is 111 cm³/mol. The summed E-state index contributed by atoms with van der Waals surface area (Å²) in [6.45, 7) is 1.86. The van der Waals surface area contributed by atoms with Crippen LogP contribution in [0.15, 0.2) is 11.4 Å². The van der Waals surface area contributed by atoms with Gasteiger partial charge in [-0.3, -0.25) is 4.79 Å². The van der Waals surface area contributed by atoms with E-state index < -0.39 is 30.6 Å². The topological polar surface area (TPSA) is 17.1 Å². The van der Waals surface area contributed by atoms with E-state index in [0.717, 1.165) is 18.2 Å². The summed E-state index contributed by atoms with van der Waals surface area (Å²) < 4.78 is 77.4. The molecule has 0 amide bonds. The van der Waals surface area contributed by atoms with Gasteiger partial charge in [-0.25, -0.2) is 0 Å². The maximum Gasteiger partial charge on any atom is 0.389 e. The summed E-state index contributed by atoms with van der Waals surface area (Å²) in [5.74, 6) is -0.346. The van der Waals surface area contributed by atoms with Crippen molar-refractivity contribution in [2.75, 3.05) is 0 Å². The van der Waals surface area contributed by atoms with Gasteiger partial charge >= 0.3 is 12.4 Å². The molecule has 2 aromatic rings. The number of Topliss-reactive ketones (excluding diaryl/α,β-unsaturated/α-hetero) is 1. The van der Waals surface area contributed by atoms with E-state index in [2.05, 4.69) is 22.6 Å². The average Bonchev–Trinajstić information content (AvgIpc) is 3.16. The second-order valence-corrected chi connectivity index (χ2v) is 10.4. The van der Waals surface area contributed by atoms with Gasteiger partial charge in [-0.15, -0.1) is 22.7 Å². The molecule has 10 heteroatoms. The number of fused-ring (bicyclic) bond motifs is 3. The molecular weight excluding hydrogens is 549 g/mol. The van der Waals surface area contributed by atoms with Crippen molar-refractivity contribution < 1.29 is 31.1 Å². The van der Waals surface area contributed by atoms with Crippen LogP contribution in [0.2, 0.25) is 0 Å². The fourth-order valence-electron chi connectivity index (χ4n) is 3.93. The van der Waals surface area contributed by atoms with Crippen LogP contribution in [-0.2, 0) is 5.41 Å². The quantitative estimate of drug-likeness (QED) is 0.254. The zero-order chi connectivity index (χ0) is 21.6. The minimum atomic E-state index is -4.38. The number of rotatable bonds is 6. The van der Waals surface area contributed by atoms with Gasteiger partial charge in [0.15, 0.2) is 5.78 Å². The first-order valence-electron chi connectivity index (χ1n) is 8.91. The van der Waals surface area contributed by atoms with E-state index >= 15 is 0 Å². The molecule has 0 bridgehead atoms. The highest BCUT2D eigenvalue weighted by Crippen LogP contribution is 2.55. The first-order chi connectivity index (χ1) is 13.4. The summed E-state index contributed by atoms with van der Waals surface area (Å²) in [4.78, 5) is 16.0. The average molecular weight is 566 g/mol. The van der Waals surface area contributed by atoms with Crippen LogP contribution in [-0.4, -0.2) is 18.1 Å². The van der Waals surface area contributed by atoms with Gasteiger partial charge in [-0.05, 0) is 72.2 Å². The molecule has 1 aliphatic carbocycles. The first-order valence-corrected chi connectivity index (χ1v) is 11.7. The van der Waals surface area contributed by atoms with Crippen molar-refractivity contribution >= 4 is 51.0 Å². The maximum absolute atomic E-state index is 13.5. The number of carbonyl (C=O) groups excluding carboxylic acids is 1. The van der Waals surface area contributed by atoms with Crippen molar-refractivity contribution in [3.05, 3.63) is 31.0 Å². The van der Waals surface area contributed by atoms with Crippen LogP contribution in [0.4, 0.5) is 26.3 Å². The van der Waals surface area contributed by atoms with Crippen LogP contribution in [0.3, 0.4) is 0 Å². The van der Waals surface area contributed by atoms with Gasteiger partial charge in [0, 0.05) is 26.9 Å². The highest BCUT2D eigenvalue weighted by molar-refractivity contribution is 14.1. The van der Waals surface area contributed by atoms with Gasteiger partial charge in [-0.2, -0.15) is 26.3 Å². The molecule has 0 radical (unpaired) electrons. The molecule has 0 spiro atoms. The number of halogens is 7. The molecule has 0 fully saturated rings. The third kappa shape index (κ3) is 4.68. The van der Waals surface area contributed by atoms with Crippen LogP contribution >= 0.6 is 45.3 Å². The van der Waals surface area contributed by atoms with Gasteiger partial charge in [-0.1, -0.05) is 0 Å². The van der Waals surface area contributed by atoms with Crippen molar-refractivity contribution in [1.82, 2.24) is 0 Å². The van der Waals surface area contributed by atoms with Gasteiger partial charge in [0.05, 0.1) is 15.2 Å². The Morgan fingerprint density at radius 3 is 2.07 bits per heavy atom. The lowest BCUT2D eigenvalue weighted by atomic mass is 9.65. The fourth-order valence-corrected chi connectivity index (χ4v) is 7.44. The molecule has 3 rings (SSSR count). The van der Waals surface area contributed by atoms with Crippen molar-refractivity contribution in [2.24, 2.45) is 0 Å². The zero-order valence-electron chi connectivity index (χ0n) is 15.3. The van der Waals surface area contributed by atoms with Gasteiger partial charge < -0.3 is 0 Å². The van der Waals surface area contributed by atoms with Crippen LogP contribution < -0.4 is 0 Å². The molecule has 160 valence electrons. The van der Waals surface area contributed by atoms with Crippen LogP contribution in [0.5, 0.6) is 0 Å². The number of hydrogen-bond donors (Lipinski definition) is 0.